The first kappa shape index (κ1) is 14.1. The van der Waals surface area contributed by atoms with Crippen LogP contribution in [0.1, 0.15) is 11.8 Å². The van der Waals surface area contributed by atoms with E-state index in [-0.39, 0.29) is 13.2 Å². The molecule has 9 heteroatoms. The summed E-state index contributed by atoms with van der Waals surface area (Å²) < 4.78 is 17.9. The summed E-state index contributed by atoms with van der Waals surface area (Å²) in [6.45, 7) is 1.74. The van der Waals surface area contributed by atoms with Gasteiger partial charge in [-0.3, -0.25) is 14.3 Å². The summed E-state index contributed by atoms with van der Waals surface area (Å²) in [4.78, 5) is 25.7. The molecule has 0 aliphatic carbocycles. The number of aliphatic hydroxyl groups is 2. The molecule has 120 valence electrons. The smallest absolute Gasteiger partial charge is 0.330 e. The summed E-state index contributed by atoms with van der Waals surface area (Å²) >= 11 is 0. The Labute approximate surface area is 124 Å². The highest BCUT2D eigenvalue weighted by atomic mass is 16.6. The van der Waals surface area contributed by atoms with Crippen LogP contribution in [0.5, 0.6) is 0 Å². The van der Waals surface area contributed by atoms with Gasteiger partial charge in [0.05, 0.1) is 13.2 Å². The van der Waals surface area contributed by atoms with Crippen molar-refractivity contribution >= 4 is 0 Å². The van der Waals surface area contributed by atoms with Gasteiger partial charge >= 0.3 is 5.69 Å². The molecule has 6 atom stereocenters. The number of nitrogens with one attached hydrogen (secondary N) is 1. The Morgan fingerprint density at radius 2 is 2.09 bits per heavy atom. The molecular weight excluding hydrogens is 296 g/mol. The van der Waals surface area contributed by atoms with Crippen LogP contribution in [0.25, 0.3) is 0 Å². The van der Waals surface area contributed by atoms with Crippen molar-refractivity contribution < 1.29 is 24.4 Å². The number of nitrogens with zero attached hydrogens (tertiary/aromatic N) is 1. The topological polar surface area (TPSA) is 123 Å². The molecular formula is C13H16N2O7. The summed E-state index contributed by atoms with van der Waals surface area (Å²) in [7, 11) is 0. The van der Waals surface area contributed by atoms with Crippen LogP contribution in [-0.4, -0.2) is 63.0 Å². The van der Waals surface area contributed by atoms with Gasteiger partial charge in [0.25, 0.3) is 5.56 Å². The molecule has 0 saturated carbocycles. The molecule has 4 heterocycles. The lowest BCUT2D eigenvalue weighted by Crippen LogP contribution is -2.62. The second kappa shape index (κ2) is 4.49. The molecule has 0 aromatic carbocycles. The van der Waals surface area contributed by atoms with Crippen molar-refractivity contribution in [2.24, 2.45) is 0 Å². The number of hydrogen-bond acceptors (Lipinski definition) is 7. The van der Waals surface area contributed by atoms with E-state index >= 15 is 0 Å². The molecule has 1 aromatic heterocycles. The lowest BCUT2D eigenvalue weighted by molar-refractivity contribution is -0.215. The van der Waals surface area contributed by atoms with Crippen LogP contribution in [0.2, 0.25) is 0 Å². The van der Waals surface area contributed by atoms with E-state index in [4.69, 9.17) is 14.2 Å². The predicted octanol–water partition coefficient (Wildman–Crippen LogP) is -2.37. The minimum atomic E-state index is -1.52. The molecule has 0 amide bonds. The third-order valence-corrected chi connectivity index (χ3v) is 4.64. The molecule has 22 heavy (non-hydrogen) atoms. The van der Waals surface area contributed by atoms with Gasteiger partial charge in [0, 0.05) is 11.8 Å². The maximum Gasteiger partial charge on any atom is 0.330 e. The Bertz CT molecular complexity index is 728. The van der Waals surface area contributed by atoms with E-state index in [0.29, 0.717) is 5.56 Å². The minimum absolute atomic E-state index is 0.0278. The molecule has 3 N–H and O–H groups in total. The van der Waals surface area contributed by atoms with Crippen molar-refractivity contribution in [2.45, 2.75) is 43.2 Å². The predicted molar refractivity (Wildman–Crippen MR) is 70.4 cm³/mol. The van der Waals surface area contributed by atoms with E-state index in [9.17, 15) is 19.8 Å². The summed E-state index contributed by atoms with van der Waals surface area (Å²) in [5.41, 5.74) is -2.34. The first-order valence-electron chi connectivity index (χ1n) is 7.04. The Kier molecular flexibility index (Phi) is 2.88. The van der Waals surface area contributed by atoms with Gasteiger partial charge in [0.1, 0.15) is 24.4 Å². The van der Waals surface area contributed by atoms with Gasteiger partial charge in [-0.15, -0.1) is 0 Å². The number of aromatic nitrogens is 2. The molecule has 0 spiro atoms. The molecule has 1 aromatic rings. The second-order valence-electron chi connectivity index (χ2n) is 5.96. The average Bonchev–Trinajstić information content (AvgIpc) is 2.95. The fourth-order valence-electron chi connectivity index (χ4n) is 3.50. The number of H-pyrrole nitrogens is 1. The molecule has 0 unspecified atom stereocenters. The summed E-state index contributed by atoms with van der Waals surface area (Å²) in [6.07, 6.45) is -3.00. The first-order valence-corrected chi connectivity index (χ1v) is 7.04. The Hall–Kier alpha value is -1.52. The molecule has 3 aliphatic rings. The molecule has 3 fully saturated rings. The first-order chi connectivity index (χ1) is 10.4. The van der Waals surface area contributed by atoms with Crippen LogP contribution in [-0.2, 0) is 14.2 Å². The van der Waals surface area contributed by atoms with E-state index in [2.05, 4.69) is 4.98 Å². The quantitative estimate of drug-likeness (QED) is 0.529. The molecule has 4 rings (SSSR count). The second-order valence-corrected chi connectivity index (χ2v) is 5.96. The highest BCUT2D eigenvalue weighted by Crippen LogP contribution is 2.48. The number of aromatic amines is 1. The summed E-state index contributed by atoms with van der Waals surface area (Å²) in [6, 6.07) is 0. The van der Waals surface area contributed by atoms with Crippen molar-refractivity contribution in [1.29, 1.82) is 0 Å². The van der Waals surface area contributed by atoms with Gasteiger partial charge in [0.2, 0.25) is 0 Å². The largest absolute Gasteiger partial charge is 0.388 e. The van der Waals surface area contributed by atoms with Crippen molar-refractivity contribution in [2.75, 3.05) is 13.2 Å². The van der Waals surface area contributed by atoms with E-state index in [1.54, 1.807) is 6.92 Å². The number of aliphatic hydroxyl groups excluding tert-OH is 1. The zero-order valence-electron chi connectivity index (χ0n) is 11.8. The normalized spacial score (nSPS) is 43.3. The van der Waals surface area contributed by atoms with Crippen LogP contribution in [0.3, 0.4) is 0 Å². The molecule has 3 saturated heterocycles. The highest BCUT2D eigenvalue weighted by Gasteiger charge is 2.69. The number of rotatable bonds is 1. The lowest BCUT2D eigenvalue weighted by atomic mass is 9.84. The van der Waals surface area contributed by atoms with Crippen molar-refractivity contribution in [3.63, 3.8) is 0 Å². The molecule has 9 nitrogen and oxygen atoms in total. The zero-order chi connectivity index (χ0) is 15.6. The van der Waals surface area contributed by atoms with Crippen molar-refractivity contribution in [3.05, 3.63) is 32.6 Å². The van der Waals surface area contributed by atoms with Gasteiger partial charge in [-0.1, -0.05) is 0 Å². The van der Waals surface area contributed by atoms with Crippen LogP contribution < -0.4 is 11.2 Å². The fourth-order valence-corrected chi connectivity index (χ4v) is 3.50. The van der Waals surface area contributed by atoms with Gasteiger partial charge in [-0.2, -0.15) is 0 Å². The number of ether oxygens (including phenoxy) is 3. The average molecular weight is 312 g/mol. The molecule has 3 aliphatic heterocycles. The maximum atomic E-state index is 12.0. The summed E-state index contributed by atoms with van der Waals surface area (Å²) in [5, 5.41) is 20.9. The molecule has 0 bridgehead atoms. The van der Waals surface area contributed by atoms with Crippen molar-refractivity contribution in [1.82, 2.24) is 9.55 Å². The van der Waals surface area contributed by atoms with Crippen LogP contribution in [0.15, 0.2) is 15.8 Å². The number of aryl methyl sites for hydroxylation is 1. The SMILES string of the molecule is Cc1cn([C@H]2O[C@@H]3[C@H](O)CO[C@H]4CO[C@H]2[C@@]43O)c(=O)[nH]c1=O. The Balaban J connectivity index is 1.81. The van der Waals surface area contributed by atoms with E-state index < -0.39 is 47.5 Å². The van der Waals surface area contributed by atoms with Gasteiger partial charge in [-0.05, 0) is 6.92 Å². The van der Waals surface area contributed by atoms with Gasteiger partial charge < -0.3 is 24.4 Å². The van der Waals surface area contributed by atoms with Gasteiger partial charge in [0.15, 0.2) is 11.8 Å². The van der Waals surface area contributed by atoms with Crippen LogP contribution >= 0.6 is 0 Å². The fraction of sp³-hybridized carbons (Fsp3) is 0.692. The van der Waals surface area contributed by atoms with E-state index in [1.165, 1.54) is 10.8 Å². The van der Waals surface area contributed by atoms with Crippen LogP contribution in [0, 0.1) is 6.92 Å². The third-order valence-electron chi connectivity index (χ3n) is 4.64. The minimum Gasteiger partial charge on any atom is -0.388 e. The van der Waals surface area contributed by atoms with Crippen molar-refractivity contribution in [3.8, 4) is 0 Å². The van der Waals surface area contributed by atoms with E-state index in [0.717, 1.165) is 0 Å². The van der Waals surface area contributed by atoms with Crippen LogP contribution in [0.4, 0.5) is 0 Å². The standard InChI is InChI=1S/C13H16N2O7/c1-5-2-15(12(18)14-10(5)17)11-9-13(19)7(4-21-9)20-3-6(16)8(13)22-11/h2,6-9,11,16,19H,3-4H2,1H3,(H,14,17,18)/t6-,7+,8-,9-,11+,13-/m1/s1. The third kappa shape index (κ3) is 1.65. The van der Waals surface area contributed by atoms with Gasteiger partial charge in [-0.25, -0.2) is 4.79 Å². The Morgan fingerprint density at radius 1 is 1.32 bits per heavy atom. The molecule has 0 radical (unpaired) electrons. The summed E-state index contributed by atoms with van der Waals surface area (Å²) in [5.74, 6) is 0. The lowest BCUT2D eigenvalue weighted by Gasteiger charge is -2.39. The number of hydrogen-bond donors (Lipinski definition) is 3. The highest BCUT2D eigenvalue weighted by molar-refractivity contribution is 5.16. The Morgan fingerprint density at radius 3 is 2.86 bits per heavy atom. The maximum absolute atomic E-state index is 12.0. The van der Waals surface area contributed by atoms with E-state index in [1.807, 2.05) is 0 Å². The monoisotopic (exact) mass is 312 g/mol. The zero-order valence-corrected chi connectivity index (χ0v) is 11.8.